The molecule has 0 aliphatic carbocycles. The van der Waals surface area contributed by atoms with Crippen LogP contribution in [0.5, 0.6) is 0 Å². The third-order valence-electron chi connectivity index (χ3n) is 4.97. The van der Waals surface area contributed by atoms with Crippen LogP contribution in [0.15, 0.2) is 4.99 Å². The molecule has 0 bridgehead atoms. The van der Waals surface area contributed by atoms with Crippen LogP contribution in [0.3, 0.4) is 0 Å². The molecule has 8 nitrogen and oxygen atoms in total. The van der Waals surface area contributed by atoms with E-state index in [0.717, 1.165) is 37.4 Å². The molecule has 0 saturated carbocycles. The largest absolute Gasteiger partial charge is 0.357 e. The van der Waals surface area contributed by atoms with Crippen LogP contribution < -0.4 is 10.6 Å². The van der Waals surface area contributed by atoms with Crippen LogP contribution in [0.2, 0.25) is 0 Å². The van der Waals surface area contributed by atoms with Crippen LogP contribution in [0.1, 0.15) is 33.6 Å². The van der Waals surface area contributed by atoms with Gasteiger partial charge in [0, 0.05) is 56.2 Å². The van der Waals surface area contributed by atoms with Crippen molar-refractivity contribution in [3.8, 4) is 0 Å². The number of carbonyl (C=O) groups is 1. The van der Waals surface area contributed by atoms with E-state index in [1.165, 1.54) is 0 Å². The molecular weight excluding hydrogens is 398 g/mol. The van der Waals surface area contributed by atoms with Gasteiger partial charge < -0.3 is 15.5 Å². The molecule has 0 aromatic carbocycles. The quantitative estimate of drug-likeness (QED) is 0.450. The van der Waals surface area contributed by atoms with Crippen LogP contribution in [-0.4, -0.2) is 92.1 Å². The lowest BCUT2D eigenvalue weighted by Gasteiger charge is -2.34. The molecule has 28 heavy (non-hydrogen) atoms. The average molecular weight is 434 g/mol. The first-order valence-corrected chi connectivity index (χ1v) is 13.0. The lowest BCUT2D eigenvalue weighted by Crippen LogP contribution is -2.50. The molecule has 10 heteroatoms. The molecule has 2 heterocycles. The number of piperidine rings is 1. The summed E-state index contributed by atoms with van der Waals surface area (Å²) in [7, 11) is -3.24. The molecule has 2 aliphatic heterocycles. The van der Waals surface area contributed by atoms with E-state index in [4.69, 9.17) is 0 Å². The summed E-state index contributed by atoms with van der Waals surface area (Å²) in [4.78, 5) is 18.5. The number of sulfonamides is 1. The molecule has 162 valence electrons. The number of carbonyl (C=O) groups excluding carboxylic acids is 1. The number of amides is 1. The van der Waals surface area contributed by atoms with Gasteiger partial charge in [0.25, 0.3) is 0 Å². The Balaban J connectivity index is 1.83. The Kier molecular flexibility index (Phi) is 9.36. The summed E-state index contributed by atoms with van der Waals surface area (Å²) in [5.74, 6) is 2.66. The number of nitrogens with zero attached hydrogens (tertiary/aromatic N) is 3. The number of nitrogens with one attached hydrogen (secondary N) is 2. The normalized spacial score (nSPS) is 20.4. The van der Waals surface area contributed by atoms with Gasteiger partial charge in [0.05, 0.1) is 12.3 Å². The summed E-state index contributed by atoms with van der Waals surface area (Å²) in [6.07, 6.45) is 1.74. The molecule has 0 aromatic heterocycles. The van der Waals surface area contributed by atoms with Crippen LogP contribution in [0, 0.1) is 5.92 Å². The highest BCUT2D eigenvalue weighted by Crippen LogP contribution is 2.14. The standard InChI is InChI=1S/C18H35N5O3S2/c1-4-19-18(20-7-14-28(25,26)23-10-12-27-13-11-23)21-16-5-8-22(9-6-16)17(24)15(2)3/h15-16H,4-14H2,1-3H3,(H2,19,20,21). The van der Waals surface area contributed by atoms with E-state index in [1.807, 2.05) is 25.7 Å². The molecule has 2 fully saturated rings. The zero-order valence-electron chi connectivity index (χ0n) is 17.3. The zero-order chi connectivity index (χ0) is 20.6. The number of aliphatic imine (C=N–C) groups is 1. The van der Waals surface area contributed by atoms with E-state index >= 15 is 0 Å². The van der Waals surface area contributed by atoms with Gasteiger partial charge in [0.2, 0.25) is 15.9 Å². The highest BCUT2D eigenvalue weighted by Gasteiger charge is 2.25. The molecule has 2 rings (SSSR count). The van der Waals surface area contributed by atoms with E-state index in [2.05, 4.69) is 15.6 Å². The van der Waals surface area contributed by atoms with Gasteiger partial charge in [0.1, 0.15) is 0 Å². The Labute approximate surface area is 173 Å². The number of hydrogen-bond acceptors (Lipinski definition) is 5. The molecule has 0 spiro atoms. The summed E-state index contributed by atoms with van der Waals surface area (Å²) in [6, 6.07) is 0.240. The van der Waals surface area contributed by atoms with Gasteiger partial charge in [-0.2, -0.15) is 11.8 Å². The monoisotopic (exact) mass is 433 g/mol. The summed E-state index contributed by atoms with van der Waals surface area (Å²) in [5.41, 5.74) is 0. The maximum absolute atomic E-state index is 12.4. The van der Waals surface area contributed by atoms with Gasteiger partial charge in [0.15, 0.2) is 5.96 Å². The Morgan fingerprint density at radius 1 is 1.18 bits per heavy atom. The summed E-state index contributed by atoms with van der Waals surface area (Å²) in [6.45, 7) is 9.50. The topological polar surface area (TPSA) is 94.1 Å². The van der Waals surface area contributed by atoms with Gasteiger partial charge in [-0.3, -0.25) is 9.79 Å². The second-order valence-electron chi connectivity index (χ2n) is 7.49. The van der Waals surface area contributed by atoms with Crippen molar-refractivity contribution in [1.82, 2.24) is 19.8 Å². The smallest absolute Gasteiger partial charge is 0.225 e. The van der Waals surface area contributed by atoms with Crippen molar-refractivity contribution < 1.29 is 13.2 Å². The molecule has 0 aromatic rings. The van der Waals surface area contributed by atoms with Crippen molar-refractivity contribution in [1.29, 1.82) is 0 Å². The van der Waals surface area contributed by atoms with Crippen LogP contribution in [-0.2, 0) is 14.8 Å². The van der Waals surface area contributed by atoms with Gasteiger partial charge in [-0.15, -0.1) is 0 Å². The fourth-order valence-corrected chi connectivity index (χ4v) is 5.80. The van der Waals surface area contributed by atoms with E-state index in [9.17, 15) is 13.2 Å². The van der Waals surface area contributed by atoms with Crippen LogP contribution >= 0.6 is 11.8 Å². The predicted octanol–water partition coefficient (Wildman–Crippen LogP) is 0.567. The fourth-order valence-electron chi connectivity index (χ4n) is 3.35. The summed E-state index contributed by atoms with van der Waals surface area (Å²) in [5, 5.41) is 6.60. The minimum absolute atomic E-state index is 0.0313. The van der Waals surface area contributed by atoms with E-state index in [0.29, 0.717) is 25.6 Å². The number of rotatable bonds is 7. The van der Waals surface area contributed by atoms with Gasteiger partial charge >= 0.3 is 0 Å². The Morgan fingerprint density at radius 3 is 2.39 bits per heavy atom. The molecule has 0 radical (unpaired) electrons. The molecule has 0 unspecified atom stereocenters. The maximum atomic E-state index is 12.4. The molecule has 2 aliphatic rings. The van der Waals surface area contributed by atoms with Crippen LogP contribution in [0.4, 0.5) is 0 Å². The number of thioether (sulfide) groups is 1. The van der Waals surface area contributed by atoms with E-state index < -0.39 is 10.0 Å². The van der Waals surface area contributed by atoms with Crippen molar-refractivity contribution in [3.05, 3.63) is 0 Å². The summed E-state index contributed by atoms with van der Waals surface area (Å²) >= 11 is 1.79. The van der Waals surface area contributed by atoms with Crippen molar-refractivity contribution in [3.63, 3.8) is 0 Å². The first-order valence-electron chi connectivity index (χ1n) is 10.2. The third kappa shape index (κ3) is 7.11. The SMILES string of the molecule is CCNC(=NCCS(=O)(=O)N1CCSCC1)NC1CCN(C(=O)C(C)C)CC1. The van der Waals surface area contributed by atoms with Crippen molar-refractivity contribution in [2.24, 2.45) is 10.9 Å². The minimum Gasteiger partial charge on any atom is -0.357 e. The average Bonchev–Trinajstić information content (AvgIpc) is 2.68. The lowest BCUT2D eigenvalue weighted by atomic mass is 10.0. The van der Waals surface area contributed by atoms with Crippen molar-refractivity contribution in [2.75, 3.05) is 56.5 Å². The maximum Gasteiger partial charge on any atom is 0.225 e. The highest BCUT2D eigenvalue weighted by atomic mass is 32.2. The van der Waals surface area contributed by atoms with Gasteiger partial charge in [-0.1, -0.05) is 13.8 Å². The fraction of sp³-hybridized carbons (Fsp3) is 0.889. The van der Waals surface area contributed by atoms with E-state index in [1.54, 1.807) is 16.1 Å². The third-order valence-corrected chi connectivity index (χ3v) is 7.76. The minimum atomic E-state index is -3.24. The molecule has 2 saturated heterocycles. The predicted molar refractivity (Wildman–Crippen MR) is 116 cm³/mol. The zero-order valence-corrected chi connectivity index (χ0v) is 18.9. The van der Waals surface area contributed by atoms with Crippen LogP contribution in [0.25, 0.3) is 0 Å². The molecule has 2 N–H and O–H groups in total. The number of likely N-dealkylation sites (tertiary alicyclic amines) is 1. The second kappa shape index (κ2) is 11.3. The molecule has 1 amide bonds. The Bertz CT molecular complexity index is 625. The number of hydrogen-bond donors (Lipinski definition) is 2. The van der Waals surface area contributed by atoms with Gasteiger partial charge in [-0.25, -0.2) is 12.7 Å². The number of guanidine groups is 1. The first kappa shape index (κ1) is 23.3. The van der Waals surface area contributed by atoms with Crippen molar-refractivity contribution in [2.45, 2.75) is 39.7 Å². The molecule has 0 atom stereocenters. The first-order chi connectivity index (χ1) is 13.3. The summed E-state index contributed by atoms with van der Waals surface area (Å²) < 4.78 is 26.5. The lowest BCUT2D eigenvalue weighted by molar-refractivity contribution is -0.135. The van der Waals surface area contributed by atoms with E-state index in [-0.39, 0.29) is 30.2 Å². The highest BCUT2D eigenvalue weighted by molar-refractivity contribution is 7.99. The Hall–Kier alpha value is -1.00. The van der Waals surface area contributed by atoms with Crippen molar-refractivity contribution >= 4 is 33.7 Å². The second-order valence-corrected chi connectivity index (χ2v) is 10.8. The van der Waals surface area contributed by atoms with Gasteiger partial charge in [-0.05, 0) is 19.8 Å². The molecular formula is C18H35N5O3S2. The Morgan fingerprint density at radius 2 is 1.82 bits per heavy atom.